The highest BCUT2D eigenvalue weighted by Crippen LogP contribution is 2.41. The molecule has 0 aliphatic rings. The molecule has 0 bridgehead atoms. The number of thiazole rings is 1. The zero-order valence-electron chi connectivity index (χ0n) is 16.9. The van der Waals surface area contributed by atoms with Crippen molar-refractivity contribution < 1.29 is 9.18 Å². The summed E-state index contributed by atoms with van der Waals surface area (Å²) in [5, 5.41) is 3.61. The van der Waals surface area contributed by atoms with Gasteiger partial charge in [0.05, 0.1) is 14.9 Å². The smallest absolute Gasteiger partial charge is 0.192 e. The molecule has 1 heterocycles. The Kier molecular flexibility index (Phi) is 7.76. The number of hydrogen-bond donors (Lipinski definition) is 1. The van der Waals surface area contributed by atoms with Crippen LogP contribution in [0.4, 0.5) is 15.2 Å². The van der Waals surface area contributed by atoms with Gasteiger partial charge >= 0.3 is 0 Å². The number of benzene rings is 2. The predicted octanol–water partition coefficient (Wildman–Crippen LogP) is 7.47. The first-order chi connectivity index (χ1) is 14.6. The van der Waals surface area contributed by atoms with Gasteiger partial charge < -0.3 is 14.4 Å². The number of halogens is 4. The molecule has 31 heavy (non-hydrogen) atoms. The minimum absolute atomic E-state index is 0.306. The van der Waals surface area contributed by atoms with Gasteiger partial charge in [0.1, 0.15) is 12.1 Å². The molecule has 4 nitrogen and oxygen atoms in total. The zero-order chi connectivity index (χ0) is 22.8. The van der Waals surface area contributed by atoms with Gasteiger partial charge in [-0.05, 0) is 55.6 Å². The normalized spacial score (nSPS) is 11.5. The van der Waals surface area contributed by atoms with Crippen molar-refractivity contribution in [2.24, 2.45) is 0 Å². The first-order valence-corrected chi connectivity index (χ1v) is 11.9. The molecule has 0 saturated heterocycles. The third kappa shape index (κ3) is 5.46. The van der Waals surface area contributed by atoms with E-state index in [2.05, 4.69) is 9.71 Å². The van der Waals surface area contributed by atoms with Crippen LogP contribution in [0.5, 0.6) is 0 Å². The average molecular weight is 519 g/mol. The monoisotopic (exact) mass is 517 g/mol. The third-order valence-electron chi connectivity index (χ3n) is 4.61. The van der Waals surface area contributed by atoms with Crippen molar-refractivity contribution in [3.8, 4) is 0 Å². The van der Waals surface area contributed by atoms with Gasteiger partial charge in [0.25, 0.3) is 0 Å². The van der Waals surface area contributed by atoms with Crippen molar-refractivity contribution in [1.29, 1.82) is 0 Å². The Labute approximate surface area is 203 Å². The SMILES string of the molecule is CN(Cc1cc(F)c(SNc2nccs2)cc1Cl)c1ccc(Cl)c(Cl)c1C(C)(C)C=O. The summed E-state index contributed by atoms with van der Waals surface area (Å²) in [6.07, 6.45) is 2.50. The van der Waals surface area contributed by atoms with Crippen LogP contribution in [0.3, 0.4) is 0 Å². The number of carbonyl (C=O) groups excluding carboxylic acids is 1. The predicted molar refractivity (Wildman–Crippen MR) is 131 cm³/mol. The lowest BCUT2D eigenvalue weighted by Gasteiger charge is -2.29. The highest BCUT2D eigenvalue weighted by atomic mass is 35.5. The summed E-state index contributed by atoms with van der Waals surface area (Å²) in [7, 11) is 1.82. The number of aromatic nitrogens is 1. The Morgan fingerprint density at radius 3 is 2.65 bits per heavy atom. The molecule has 0 saturated carbocycles. The van der Waals surface area contributed by atoms with Crippen LogP contribution < -0.4 is 9.62 Å². The van der Waals surface area contributed by atoms with Gasteiger partial charge in [0.2, 0.25) is 0 Å². The summed E-state index contributed by atoms with van der Waals surface area (Å²) >= 11 is 21.6. The van der Waals surface area contributed by atoms with Gasteiger partial charge in [-0.25, -0.2) is 9.37 Å². The van der Waals surface area contributed by atoms with Crippen molar-refractivity contribution in [2.45, 2.75) is 30.7 Å². The maximum Gasteiger partial charge on any atom is 0.192 e. The summed E-state index contributed by atoms with van der Waals surface area (Å²) in [6, 6.07) is 6.46. The number of anilines is 2. The molecule has 164 valence electrons. The number of aldehydes is 1. The summed E-state index contributed by atoms with van der Waals surface area (Å²) in [5.74, 6) is -0.399. The van der Waals surface area contributed by atoms with E-state index < -0.39 is 11.2 Å². The van der Waals surface area contributed by atoms with Gasteiger partial charge in [-0.3, -0.25) is 0 Å². The van der Waals surface area contributed by atoms with Gasteiger partial charge in [0.15, 0.2) is 5.13 Å². The lowest BCUT2D eigenvalue weighted by atomic mass is 9.84. The van der Waals surface area contributed by atoms with Crippen molar-refractivity contribution in [2.75, 3.05) is 16.7 Å². The van der Waals surface area contributed by atoms with E-state index in [4.69, 9.17) is 34.8 Å². The van der Waals surface area contributed by atoms with E-state index in [0.29, 0.717) is 48.5 Å². The second kappa shape index (κ2) is 9.96. The van der Waals surface area contributed by atoms with E-state index in [1.165, 1.54) is 17.4 Å². The molecule has 0 fully saturated rings. The van der Waals surface area contributed by atoms with Crippen molar-refractivity contribution >= 4 is 75.2 Å². The van der Waals surface area contributed by atoms with Gasteiger partial charge in [-0.2, -0.15) is 0 Å². The molecule has 1 aromatic heterocycles. The Morgan fingerprint density at radius 2 is 2.00 bits per heavy atom. The summed E-state index contributed by atoms with van der Waals surface area (Å²) in [4.78, 5) is 18.0. The van der Waals surface area contributed by atoms with Crippen LogP contribution in [0.1, 0.15) is 25.0 Å². The number of rotatable bonds is 8. The molecular formula is C21H19Cl3FN3OS2. The van der Waals surface area contributed by atoms with Gasteiger partial charge in [-0.1, -0.05) is 34.8 Å². The van der Waals surface area contributed by atoms with Crippen molar-refractivity contribution in [1.82, 2.24) is 4.98 Å². The molecule has 0 spiro atoms. The first kappa shape index (κ1) is 24.1. The van der Waals surface area contributed by atoms with Crippen LogP contribution >= 0.6 is 58.1 Å². The summed E-state index contributed by atoms with van der Waals surface area (Å²) < 4.78 is 17.7. The Morgan fingerprint density at radius 1 is 1.26 bits per heavy atom. The molecule has 2 aromatic carbocycles. The highest BCUT2D eigenvalue weighted by molar-refractivity contribution is 8.00. The van der Waals surface area contributed by atoms with E-state index in [9.17, 15) is 9.18 Å². The molecule has 10 heteroatoms. The van der Waals surface area contributed by atoms with Crippen LogP contribution in [0.25, 0.3) is 0 Å². The number of nitrogens with zero attached hydrogens (tertiary/aromatic N) is 2. The van der Waals surface area contributed by atoms with E-state index in [-0.39, 0.29) is 0 Å². The van der Waals surface area contributed by atoms with Crippen LogP contribution in [-0.4, -0.2) is 18.3 Å². The minimum Gasteiger partial charge on any atom is -0.370 e. The average Bonchev–Trinajstić information content (AvgIpc) is 3.24. The lowest BCUT2D eigenvalue weighted by molar-refractivity contribution is -0.111. The Hall–Kier alpha value is -1.51. The molecule has 1 N–H and O–H groups in total. The molecule has 3 rings (SSSR count). The molecule has 0 aliphatic heterocycles. The topological polar surface area (TPSA) is 45.2 Å². The van der Waals surface area contributed by atoms with E-state index >= 15 is 0 Å². The second-order valence-electron chi connectivity index (χ2n) is 7.37. The number of carbonyl (C=O) groups is 1. The number of hydrogen-bond acceptors (Lipinski definition) is 6. The fourth-order valence-electron chi connectivity index (χ4n) is 3.01. The van der Waals surface area contributed by atoms with E-state index in [1.807, 2.05) is 17.3 Å². The molecular weight excluding hydrogens is 500 g/mol. The maximum atomic E-state index is 14.7. The quantitative estimate of drug-likeness (QED) is 0.247. The van der Waals surface area contributed by atoms with E-state index in [1.54, 1.807) is 38.2 Å². The van der Waals surface area contributed by atoms with Crippen LogP contribution in [0.2, 0.25) is 15.1 Å². The molecule has 0 amide bonds. The summed E-state index contributed by atoms with van der Waals surface area (Å²) in [5.41, 5.74) is 1.06. The molecule has 0 aliphatic carbocycles. The summed E-state index contributed by atoms with van der Waals surface area (Å²) in [6.45, 7) is 3.84. The molecule has 0 atom stereocenters. The minimum atomic E-state index is -0.859. The zero-order valence-corrected chi connectivity index (χ0v) is 20.8. The van der Waals surface area contributed by atoms with Crippen LogP contribution in [0, 0.1) is 5.82 Å². The van der Waals surface area contributed by atoms with Crippen LogP contribution in [-0.2, 0) is 16.8 Å². The van der Waals surface area contributed by atoms with Crippen molar-refractivity contribution in [3.05, 3.63) is 67.9 Å². The Bertz CT molecular complexity index is 1090. The fraction of sp³-hybridized carbons (Fsp3) is 0.238. The third-order valence-corrected chi connectivity index (χ3v) is 7.41. The largest absolute Gasteiger partial charge is 0.370 e. The number of nitrogens with one attached hydrogen (secondary N) is 1. The standard InChI is InChI=1S/C21H19Cl3FN3OS2/c1-21(2,11-29)18-16(5-4-13(22)19(18)24)28(3)10-12-8-15(25)17(9-14(12)23)31-27-20-26-6-7-30-20/h4-9,11H,10H2,1-3H3,(H,26,27). The van der Waals surface area contributed by atoms with E-state index in [0.717, 1.165) is 18.2 Å². The van der Waals surface area contributed by atoms with Gasteiger partial charge in [-0.15, -0.1) is 11.3 Å². The van der Waals surface area contributed by atoms with Crippen LogP contribution in [0.15, 0.2) is 40.7 Å². The van der Waals surface area contributed by atoms with Crippen molar-refractivity contribution in [3.63, 3.8) is 0 Å². The second-order valence-corrected chi connectivity index (χ2v) is 10.3. The Balaban J connectivity index is 1.87. The lowest BCUT2D eigenvalue weighted by Crippen LogP contribution is -2.26. The molecule has 3 aromatic rings. The first-order valence-electron chi connectivity index (χ1n) is 9.10. The van der Waals surface area contributed by atoms with Gasteiger partial charge in [0, 0.05) is 46.9 Å². The molecule has 0 radical (unpaired) electrons. The fourth-order valence-corrected chi connectivity index (χ4v) is 5.13. The molecule has 0 unspecified atom stereocenters. The highest BCUT2D eigenvalue weighted by Gasteiger charge is 2.29. The maximum absolute atomic E-state index is 14.7.